The summed E-state index contributed by atoms with van der Waals surface area (Å²) in [6.07, 6.45) is 6.31. The summed E-state index contributed by atoms with van der Waals surface area (Å²) >= 11 is 0. The van der Waals surface area contributed by atoms with Gasteiger partial charge in [0.25, 0.3) is 0 Å². The molecule has 5 heteroatoms. The minimum Gasteiger partial charge on any atom is -0.480 e. The average Bonchev–Trinajstić information content (AvgIpc) is 3.16. The summed E-state index contributed by atoms with van der Waals surface area (Å²) in [5.74, 6) is 0.0478. The first-order chi connectivity index (χ1) is 9.06. The maximum atomic E-state index is 11.8. The van der Waals surface area contributed by atoms with E-state index >= 15 is 0 Å². The first-order valence-corrected chi connectivity index (χ1v) is 7.32. The SMILES string of the molecule is CC1CCC(NC(=O)CNC(C(=O)O)C2CC2)CC1. The van der Waals surface area contributed by atoms with Gasteiger partial charge >= 0.3 is 5.97 Å². The third kappa shape index (κ3) is 4.49. The number of aliphatic carboxylic acids is 1. The van der Waals surface area contributed by atoms with Crippen LogP contribution in [0.1, 0.15) is 45.4 Å². The predicted octanol–water partition coefficient (Wildman–Crippen LogP) is 1.13. The zero-order valence-electron chi connectivity index (χ0n) is 11.5. The van der Waals surface area contributed by atoms with Gasteiger partial charge in [0, 0.05) is 6.04 Å². The van der Waals surface area contributed by atoms with Crippen molar-refractivity contribution in [2.45, 2.75) is 57.5 Å². The largest absolute Gasteiger partial charge is 0.480 e. The minimum atomic E-state index is -0.846. The van der Waals surface area contributed by atoms with Crippen LogP contribution in [0, 0.1) is 11.8 Å². The predicted molar refractivity (Wildman–Crippen MR) is 71.7 cm³/mol. The van der Waals surface area contributed by atoms with E-state index in [-0.39, 0.29) is 24.4 Å². The van der Waals surface area contributed by atoms with E-state index in [1.165, 1.54) is 0 Å². The van der Waals surface area contributed by atoms with Crippen LogP contribution in [0.2, 0.25) is 0 Å². The van der Waals surface area contributed by atoms with Crippen molar-refractivity contribution in [3.63, 3.8) is 0 Å². The Kier molecular flexibility index (Phi) is 4.80. The van der Waals surface area contributed by atoms with E-state index in [0.29, 0.717) is 0 Å². The van der Waals surface area contributed by atoms with Gasteiger partial charge in [0.1, 0.15) is 6.04 Å². The van der Waals surface area contributed by atoms with E-state index < -0.39 is 12.0 Å². The van der Waals surface area contributed by atoms with Crippen molar-refractivity contribution >= 4 is 11.9 Å². The van der Waals surface area contributed by atoms with Crippen LogP contribution in [0.5, 0.6) is 0 Å². The van der Waals surface area contributed by atoms with Gasteiger partial charge in [-0.1, -0.05) is 6.92 Å². The first kappa shape index (κ1) is 14.3. The maximum absolute atomic E-state index is 11.8. The van der Waals surface area contributed by atoms with Crippen LogP contribution in [0.4, 0.5) is 0 Å². The lowest BCUT2D eigenvalue weighted by Crippen LogP contribution is -2.47. The lowest BCUT2D eigenvalue weighted by Gasteiger charge is -2.27. The van der Waals surface area contributed by atoms with Crippen molar-refractivity contribution in [3.8, 4) is 0 Å². The number of amides is 1. The Morgan fingerprint density at radius 1 is 1.16 bits per heavy atom. The van der Waals surface area contributed by atoms with Gasteiger partial charge in [0.2, 0.25) is 5.91 Å². The fourth-order valence-corrected chi connectivity index (χ4v) is 2.77. The minimum absolute atomic E-state index is 0.0774. The summed E-state index contributed by atoms with van der Waals surface area (Å²) < 4.78 is 0. The molecule has 0 aromatic rings. The van der Waals surface area contributed by atoms with Crippen molar-refractivity contribution in [2.24, 2.45) is 11.8 Å². The van der Waals surface area contributed by atoms with Gasteiger partial charge in [-0.25, -0.2) is 0 Å². The number of nitrogens with one attached hydrogen (secondary N) is 2. The third-order valence-electron chi connectivity index (χ3n) is 4.22. The quantitative estimate of drug-likeness (QED) is 0.675. The Balaban J connectivity index is 1.67. The van der Waals surface area contributed by atoms with Crippen molar-refractivity contribution < 1.29 is 14.7 Å². The van der Waals surface area contributed by atoms with E-state index in [0.717, 1.165) is 44.4 Å². The molecule has 3 N–H and O–H groups in total. The maximum Gasteiger partial charge on any atom is 0.320 e. The average molecular weight is 268 g/mol. The number of hydrogen-bond donors (Lipinski definition) is 3. The van der Waals surface area contributed by atoms with Crippen LogP contribution in [-0.2, 0) is 9.59 Å². The van der Waals surface area contributed by atoms with Crippen LogP contribution in [0.15, 0.2) is 0 Å². The van der Waals surface area contributed by atoms with Crippen LogP contribution in [-0.4, -0.2) is 35.6 Å². The molecule has 19 heavy (non-hydrogen) atoms. The molecule has 0 saturated heterocycles. The van der Waals surface area contributed by atoms with E-state index in [2.05, 4.69) is 17.6 Å². The molecule has 0 radical (unpaired) electrons. The van der Waals surface area contributed by atoms with Gasteiger partial charge in [-0.05, 0) is 50.4 Å². The molecule has 2 aliphatic carbocycles. The Morgan fingerprint density at radius 3 is 2.32 bits per heavy atom. The summed E-state index contributed by atoms with van der Waals surface area (Å²) in [5.41, 5.74) is 0. The van der Waals surface area contributed by atoms with Crippen molar-refractivity contribution in [1.82, 2.24) is 10.6 Å². The molecule has 0 aromatic heterocycles. The summed E-state index contributed by atoms with van der Waals surface area (Å²) in [6, 6.07) is -0.285. The zero-order valence-corrected chi connectivity index (χ0v) is 11.5. The molecular formula is C14H24N2O3. The number of hydrogen-bond acceptors (Lipinski definition) is 3. The van der Waals surface area contributed by atoms with Crippen LogP contribution < -0.4 is 10.6 Å². The Bertz CT molecular complexity index is 334. The second-order valence-corrected chi connectivity index (χ2v) is 6.06. The molecule has 0 bridgehead atoms. The van der Waals surface area contributed by atoms with Crippen LogP contribution in [0.25, 0.3) is 0 Å². The number of carboxylic acid groups (broad SMARTS) is 1. The molecule has 1 atom stereocenters. The first-order valence-electron chi connectivity index (χ1n) is 7.32. The molecule has 2 aliphatic rings. The fourth-order valence-electron chi connectivity index (χ4n) is 2.77. The Labute approximate surface area is 114 Å². The zero-order chi connectivity index (χ0) is 13.8. The summed E-state index contributed by atoms with van der Waals surface area (Å²) in [4.78, 5) is 22.8. The monoisotopic (exact) mass is 268 g/mol. The number of carbonyl (C=O) groups is 2. The Morgan fingerprint density at radius 2 is 1.79 bits per heavy atom. The molecule has 108 valence electrons. The van der Waals surface area contributed by atoms with Gasteiger partial charge < -0.3 is 10.4 Å². The van der Waals surface area contributed by atoms with Crippen molar-refractivity contribution in [1.29, 1.82) is 0 Å². The number of carboxylic acids is 1. The molecular weight excluding hydrogens is 244 g/mol. The highest BCUT2D eigenvalue weighted by molar-refractivity contribution is 5.80. The number of rotatable bonds is 6. The lowest BCUT2D eigenvalue weighted by atomic mass is 9.87. The van der Waals surface area contributed by atoms with E-state index in [1.807, 2.05) is 0 Å². The van der Waals surface area contributed by atoms with Gasteiger partial charge in [0.15, 0.2) is 0 Å². The van der Waals surface area contributed by atoms with Gasteiger partial charge in [-0.3, -0.25) is 14.9 Å². The summed E-state index contributed by atoms with van der Waals surface area (Å²) in [5, 5.41) is 14.9. The molecule has 1 unspecified atom stereocenters. The highest BCUT2D eigenvalue weighted by Crippen LogP contribution is 2.32. The second kappa shape index (κ2) is 6.37. The molecule has 5 nitrogen and oxygen atoms in total. The molecule has 2 rings (SSSR count). The molecule has 2 saturated carbocycles. The van der Waals surface area contributed by atoms with Gasteiger partial charge in [-0.2, -0.15) is 0 Å². The Hall–Kier alpha value is -1.10. The highest BCUT2D eigenvalue weighted by Gasteiger charge is 2.36. The summed E-state index contributed by atoms with van der Waals surface area (Å²) in [6.45, 7) is 2.35. The summed E-state index contributed by atoms with van der Waals surface area (Å²) in [7, 11) is 0. The van der Waals surface area contributed by atoms with Crippen molar-refractivity contribution in [2.75, 3.05) is 6.54 Å². The topological polar surface area (TPSA) is 78.4 Å². The smallest absolute Gasteiger partial charge is 0.320 e. The highest BCUT2D eigenvalue weighted by atomic mass is 16.4. The normalized spacial score (nSPS) is 28.7. The third-order valence-corrected chi connectivity index (χ3v) is 4.22. The molecule has 0 heterocycles. The van der Waals surface area contributed by atoms with Crippen LogP contribution in [0.3, 0.4) is 0 Å². The molecule has 0 aromatic carbocycles. The molecule has 0 spiro atoms. The molecule has 1 amide bonds. The standard InChI is InChI=1S/C14H24N2O3/c1-9-2-6-11(7-3-9)16-12(17)8-15-13(14(18)19)10-4-5-10/h9-11,13,15H,2-8H2,1H3,(H,16,17)(H,18,19). The van der Waals surface area contributed by atoms with Gasteiger partial charge in [-0.15, -0.1) is 0 Å². The van der Waals surface area contributed by atoms with Crippen LogP contribution >= 0.6 is 0 Å². The fraction of sp³-hybridized carbons (Fsp3) is 0.857. The van der Waals surface area contributed by atoms with Gasteiger partial charge in [0.05, 0.1) is 6.54 Å². The van der Waals surface area contributed by atoms with E-state index in [9.17, 15) is 9.59 Å². The molecule has 0 aliphatic heterocycles. The second-order valence-electron chi connectivity index (χ2n) is 6.06. The van der Waals surface area contributed by atoms with Crippen molar-refractivity contribution in [3.05, 3.63) is 0 Å². The van der Waals surface area contributed by atoms with E-state index in [1.54, 1.807) is 0 Å². The molecule has 2 fully saturated rings. The van der Waals surface area contributed by atoms with E-state index in [4.69, 9.17) is 5.11 Å². The lowest BCUT2D eigenvalue weighted by molar-refractivity contribution is -0.140. The number of carbonyl (C=O) groups excluding carboxylic acids is 1.